The molecule has 1 saturated heterocycles. The first-order valence-corrected chi connectivity index (χ1v) is 7.63. The van der Waals surface area contributed by atoms with Gasteiger partial charge in [0, 0.05) is 12.6 Å². The zero-order valence-electron chi connectivity index (χ0n) is 12.3. The molecule has 18 heavy (non-hydrogen) atoms. The van der Waals surface area contributed by atoms with E-state index in [1.165, 1.54) is 38.8 Å². The molecule has 2 N–H and O–H groups in total. The number of rotatable bonds is 6. The topological polar surface area (TPSA) is 35.5 Å². The third-order valence-electron chi connectivity index (χ3n) is 4.63. The molecule has 106 valence electrons. The molecule has 1 atom stereocenters. The van der Waals surface area contributed by atoms with E-state index in [4.69, 9.17) is 0 Å². The normalized spacial score (nSPS) is 26.5. The Balaban J connectivity index is 1.78. The van der Waals surface area contributed by atoms with Crippen molar-refractivity contribution in [1.29, 1.82) is 0 Å². The van der Waals surface area contributed by atoms with E-state index in [2.05, 4.69) is 31.0 Å². The lowest BCUT2D eigenvalue weighted by Crippen LogP contribution is -2.56. The van der Waals surface area contributed by atoms with Crippen LogP contribution in [0.5, 0.6) is 0 Å². The van der Waals surface area contributed by atoms with E-state index in [9.17, 15) is 5.11 Å². The number of hydrogen-bond donors (Lipinski definition) is 2. The van der Waals surface area contributed by atoms with Gasteiger partial charge in [0.1, 0.15) is 0 Å². The second-order valence-corrected chi connectivity index (χ2v) is 6.99. The Morgan fingerprint density at radius 3 is 2.28 bits per heavy atom. The van der Waals surface area contributed by atoms with Crippen LogP contribution >= 0.6 is 0 Å². The number of hydrogen-bond acceptors (Lipinski definition) is 3. The number of nitrogens with one attached hydrogen (secondary N) is 1. The van der Waals surface area contributed by atoms with Gasteiger partial charge in [-0.05, 0) is 57.5 Å². The van der Waals surface area contributed by atoms with Crippen LogP contribution in [0.3, 0.4) is 0 Å². The Bertz CT molecular complexity index is 257. The van der Waals surface area contributed by atoms with E-state index >= 15 is 0 Å². The summed E-state index contributed by atoms with van der Waals surface area (Å²) < 4.78 is 0. The Kier molecular flexibility index (Phi) is 4.68. The molecule has 0 aromatic rings. The van der Waals surface area contributed by atoms with Gasteiger partial charge in [0.25, 0.3) is 0 Å². The molecule has 0 spiro atoms. The lowest BCUT2D eigenvalue weighted by molar-refractivity contribution is 0.0873. The zero-order chi connectivity index (χ0) is 13.2. The van der Waals surface area contributed by atoms with Gasteiger partial charge in [-0.25, -0.2) is 0 Å². The molecule has 0 aromatic heterocycles. The molecule has 3 nitrogen and oxygen atoms in total. The number of piperidine rings is 1. The second kappa shape index (κ2) is 5.89. The molecule has 1 unspecified atom stereocenters. The van der Waals surface area contributed by atoms with E-state index in [-0.39, 0.29) is 12.1 Å². The minimum absolute atomic E-state index is 0.105. The van der Waals surface area contributed by atoms with Gasteiger partial charge in [0.15, 0.2) is 0 Å². The molecule has 1 saturated carbocycles. The molecular weight excluding hydrogens is 224 g/mol. The fourth-order valence-electron chi connectivity index (χ4n) is 3.13. The van der Waals surface area contributed by atoms with E-state index in [0.29, 0.717) is 6.04 Å². The summed E-state index contributed by atoms with van der Waals surface area (Å²) in [5.41, 5.74) is -0.105. The number of nitrogens with zero attached hydrogens (tertiary/aromatic N) is 1. The van der Waals surface area contributed by atoms with Crippen molar-refractivity contribution in [3.8, 4) is 0 Å². The van der Waals surface area contributed by atoms with Gasteiger partial charge < -0.3 is 15.3 Å². The summed E-state index contributed by atoms with van der Waals surface area (Å²) in [6.07, 6.45) is 5.21. The molecule has 2 fully saturated rings. The Labute approximate surface area is 112 Å². The highest BCUT2D eigenvalue weighted by atomic mass is 16.3. The van der Waals surface area contributed by atoms with Gasteiger partial charge in [-0.3, -0.25) is 0 Å². The first-order valence-electron chi connectivity index (χ1n) is 7.63. The van der Waals surface area contributed by atoms with Crippen molar-refractivity contribution in [3.05, 3.63) is 0 Å². The smallest absolute Gasteiger partial charge is 0.0623 e. The molecule has 1 aliphatic heterocycles. The lowest BCUT2D eigenvalue weighted by Gasteiger charge is -2.39. The van der Waals surface area contributed by atoms with Gasteiger partial charge in [0.2, 0.25) is 0 Å². The zero-order valence-corrected chi connectivity index (χ0v) is 12.3. The maximum atomic E-state index is 9.64. The largest absolute Gasteiger partial charge is 0.394 e. The van der Waals surface area contributed by atoms with Crippen molar-refractivity contribution in [1.82, 2.24) is 10.2 Å². The van der Waals surface area contributed by atoms with Crippen LogP contribution < -0.4 is 5.32 Å². The van der Waals surface area contributed by atoms with Crippen LogP contribution in [0.2, 0.25) is 0 Å². The highest BCUT2D eigenvalue weighted by Gasteiger charge is 2.34. The maximum Gasteiger partial charge on any atom is 0.0623 e. The average Bonchev–Trinajstić information content (AvgIpc) is 3.13. The van der Waals surface area contributed by atoms with Crippen LogP contribution in [0.25, 0.3) is 0 Å². The summed E-state index contributed by atoms with van der Waals surface area (Å²) in [6.45, 7) is 10.5. The van der Waals surface area contributed by atoms with Crippen LogP contribution in [0.1, 0.15) is 46.5 Å². The predicted molar refractivity (Wildman–Crippen MR) is 75.7 cm³/mol. The Morgan fingerprint density at radius 1 is 1.22 bits per heavy atom. The van der Waals surface area contributed by atoms with Crippen molar-refractivity contribution in [3.63, 3.8) is 0 Å². The molecule has 0 radical (unpaired) electrons. The van der Waals surface area contributed by atoms with Crippen molar-refractivity contribution in [2.45, 2.75) is 58.0 Å². The minimum Gasteiger partial charge on any atom is -0.394 e. The summed E-state index contributed by atoms with van der Waals surface area (Å²) in [7, 11) is 0. The molecule has 3 heteroatoms. The standard InChI is InChI=1S/C15H30N2O/c1-12(2)13-6-8-17(9-7-13)10-15(3,11-18)16-14-4-5-14/h12-14,16,18H,4-11H2,1-3H3. The number of aliphatic hydroxyl groups is 1. The molecule has 2 aliphatic rings. The van der Waals surface area contributed by atoms with Gasteiger partial charge in [-0.2, -0.15) is 0 Å². The van der Waals surface area contributed by atoms with E-state index in [0.717, 1.165) is 18.4 Å². The molecule has 2 rings (SSSR count). The quantitative estimate of drug-likeness (QED) is 0.759. The molecule has 1 heterocycles. The fraction of sp³-hybridized carbons (Fsp3) is 1.00. The van der Waals surface area contributed by atoms with E-state index in [1.807, 2.05) is 0 Å². The van der Waals surface area contributed by atoms with Gasteiger partial charge in [-0.1, -0.05) is 13.8 Å². The summed E-state index contributed by atoms with van der Waals surface area (Å²) in [4.78, 5) is 2.53. The predicted octanol–water partition coefficient (Wildman–Crippen LogP) is 1.86. The molecule has 0 aromatic carbocycles. The van der Waals surface area contributed by atoms with Crippen molar-refractivity contribution in [2.24, 2.45) is 11.8 Å². The molecular formula is C15H30N2O. The summed E-state index contributed by atoms with van der Waals surface area (Å²) >= 11 is 0. The first-order chi connectivity index (χ1) is 8.52. The van der Waals surface area contributed by atoms with Gasteiger partial charge in [-0.15, -0.1) is 0 Å². The van der Waals surface area contributed by atoms with Crippen molar-refractivity contribution >= 4 is 0 Å². The highest BCUT2D eigenvalue weighted by molar-refractivity contribution is 4.94. The summed E-state index contributed by atoms with van der Waals surface area (Å²) in [5, 5.41) is 13.3. The van der Waals surface area contributed by atoms with Gasteiger partial charge >= 0.3 is 0 Å². The van der Waals surface area contributed by atoms with E-state index < -0.39 is 0 Å². The van der Waals surface area contributed by atoms with Crippen LogP contribution in [-0.2, 0) is 0 Å². The van der Waals surface area contributed by atoms with Crippen LogP contribution in [-0.4, -0.2) is 47.8 Å². The maximum absolute atomic E-state index is 9.64. The van der Waals surface area contributed by atoms with Crippen molar-refractivity contribution in [2.75, 3.05) is 26.2 Å². The molecule has 0 bridgehead atoms. The molecule has 1 aliphatic carbocycles. The summed E-state index contributed by atoms with van der Waals surface area (Å²) in [5.74, 6) is 1.72. The fourth-order valence-corrected chi connectivity index (χ4v) is 3.13. The second-order valence-electron chi connectivity index (χ2n) is 6.99. The third-order valence-corrected chi connectivity index (χ3v) is 4.63. The van der Waals surface area contributed by atoms with Crippen LogP contribution in [0.4, 0.5) is 0 Å². The van der Waals surface area contributed by atoms with Crippen LogP contribution in [0.15, 0.2) is 0 Å². The number of aliphatic hydroxyl groups excluding tert-OH is 1. The Hall–Kier alpha value is -0.120. The summed E-state index contributed by atoms with van der Waals surface area (Å²) in [6, 6.07) is 0.662. The SMILES string of the molecule is CC(C)C1CCN(CC(C)(CO)NC2CC2)CC1. The van der Waals surface area contributed by atoms with E-state index in [1.54, 1.807) is 0 Å². The number of likely N-dealkylation sites (tertiary alicyclic amines) is 1. The van der Waals surface area contributed by atoms with Crippen molar-refractivity contribution < 1.29 is 5.11 Å². The first kappa shape index (κ1) is 14.3. The lowest BCUT2D eigenvalue weighted by atomic mass is 9.86. The third kappa shape index (κ3) is 3.94. The Morgan fingerprint density at radius 2 is 1.83 bits per heavy atom. The average molecular weight is 254 g/mol. The van der Waals surface area contributed by atoms with Crippen LogP contribution in [0, 0.1) is 11.8 Å². The highest BCUT2D eigenvalue weighted by Crippen LogP contribution is 2.27. The molecule has 0 amide bonds. The minimum atomic E-state index is -0.105. The van der Waals surface area contributed by atoms with Gasteiger partial charge in [0.05, 0.1) is 12.1 Å². The monoisotopic (exact) mass is 254 g/mol.